The van der Waals surface area contributed by atoms with E-state index in [2.05, 4.69) is 5.32 Å². The molecule has 0 heterocycles. The summed E-state index contributed by atoms with van der Waals surface area (Å²) in [6, 6.07) is 5.22. The number of nitrogens with one attached hydrogen (secondary N) is 1. The van der Waals surface area contributed by atoms with Crippen LogP contribution in [0.2, 0.25) is 5.02 Å². The van der Waals surface area contributed by atoms with Gasteiger partial charge in [0.15, 0.2) is 0 Å². The molecule has 0 bridgehead atoms. The van der Waals surface area contributed by atoms with Gasteiger partial charge >= 0.3 is 6.18 Å². The van der Waals surface area contributed by atoms with Gasteiger partial charge in [0.1, 0.15) is 5.75 Å². The van der Waals surface area contributed by atoms with Crippen molar-refractivity contribution in [2.45, 2.75) is 25.6 Å². The molecule has 6 heteroatoms. The van der Waals surface area contributed by atoms with Crippen LogP contribution in [0.15, 0.2) is 18.2 Å². The number of halogens is 4. The summed E-state index contributed by atoms with van der Waals surface area (Å²) >= 11 is 5.96. The molecule has 1 N–H and O–H groups in total. The predicted molar refractivity (Wildman–Crippen MR) is 65.0 cm³/mol. The van der Waals surface area contributed by atoms with E-state index in [0.717, 1.165) is 5.56 Å². The Morgan fingerprint density at radius 1 is 1.33 bits per heavy atom. The summed E-state index contributed by atoms with van der Waals surface area (Å²) in [7, 11) is 1.81. The van der Waals surface area contributed by atoms with Crippen LogP contribution in [-0.2, 0) is 6.54 Å². The molecule has 0 aliphatic heterocycles. The second kappa shape index (κ2) is 6.85. The van der Waals surface area contributed by atoms with Gasteiger partial charge in [-0.2, -0.15) is 13.2 Å². The fourth-order valence-corrected chi connectivity index (χ4v) is 1.69. The minimum atomic E-state index is -4.14. The highest BCUT2D eigenvalue weighted by Gasteiger charge is 2.26. The Balaban J connectivity index is 2.43. The first-order chi connectivity index (χ1) is 8.42. The molecule has 18 heavy (non-hydrogen) atoms. The van der Waals surface area contributed by atoms with Gasteiger partial charge in [-0.15, -0.1) is 0 Å². The Morgan fingerprint density at radius 2 is 2.06 bits per heavy atom. The molecule has 0 spiro atoms. The van der Waals surface area contributed by atoms with Crippen LogP contribution in [0.25, 0.3) is 0 Å². The molecule has 0 aromatic heterocycles. The first kappa shape index (κ1) is 15.1. The van der Waals surface area contributed by atoms with E-state index < -0.39 is 12.6 Å². The van der Waals surface area contributed by atoms with Gasteiger partial charge in [0.25, 0.3) is 0 Å². The molecular formula is C12H15ClF3NO. The van der Waals surface area contributed by atoms with Crippen LogP contribution >= 0.6 is 11.6 Å². The summed E-state index contributed by atoms with van der Waals surface area (Å²) in [5.74, 6) is 0.415. The zero-order valence-electron chi connectivity index (χ0n) is 9.98. The molecule has 0 fully saturated rings. The van der Waals surface area contributed by atoms with Crippen LogP contribution in [0.1, 0.15) is 18.4 Å². The van der Waals surface area contributed by atoms with Crippen LogP contribution in [0.4, 0.5) is 13.2 Å². The van der Waals surface area contributed by atoms with Crippen molar-refractivity contribution in [2.24, 2.45) is 0 Å². The number of hydrogen-bond acceptors (Lipinski definition) is 2. The smallest absolute Gasteiger partial charge is 0.389 e. The van der Waals surface area contributed by atoms with Crippen molar-refractivity contribution in [3.63, 3.8) is 0 Å². The van der Waals surface area contributed by atoms with E-state index in [1.807, 2.05) is 13.1 Å². The van der Waals surface area contributed by atoms with Crippen molar-refractivity contribution in [1.29, 1.82) is 0 Å². The Labute approximate surface area is 109 Å². The molecule has 1 rings (SSSR count). The Hall–Kier alpha value is -0.940. The molecule has 0 unspecified atom stereocenters. The van der Waals surface area contributed by atoms with E-state index in [0.29, 0.717) is 17.3 Å². The fraction of sp³-hybridized carbons (Fsp3) is 0.500. The number of rotatable bonds is 6. The lowest BCUT2D eigenvalue weighted by molar-refractivity contribution is -0.136. The van der Waals surface area contributed by atoms with E-state index in [9.17, 15) is 13.2 Å². The van der Waals surface area contributed by atoms with Crippen molar-refractivity contribution in [2.75, 3.05) is 13.7 Å². The largest absolute Gasteiger partial charge is 0.492 e. The number of hydrogen-bond donors (Lipinski definition) is 1. The molecule has 0 atom stereocenters. The van der Waals surface area contributed by atoms with Gasteiger partial charge in [0, 0.05) is 13.0 Å². The summed E-state index contributed by atoms with van der Waals surface area (Å²) in [6.45, 7) is 0.679. The highest BCUT2D eigenvalue weighted by atomic mass is 35.5. The van der Waals surface area contributed by atoms with E-state index in [4.69, 9.17) is 16.3 Å². The summed E-state index contributed by atoms with van der Waals surface area (Å²) in [4.78, 5) is 0. The topological polar surface area (TPSA) is 21.3 Å². The van der Waals surface area contributed by atoms with Crippen molar-refractivity contribution in [3.05, 3.63) is 28.8 Å². The molecule has 2 nitrogen and oxygen atoms in total. The summed E-state index contributed by atoms with van der Waals surface area (Å²) < 4.78 is 40.9. The highest BCUT2D eigenvalue weighted by Crippen LogP contribution is 2.26. The molecule has 1 aromatic carbocycles. The third-order valence-electron chi connectivity index (χ3n) is 2.24. The molecule has 1 aromatic rings. The van der Waals surface area contributed by atoms with E-state index in [1.165, 1.54) is 0 Å². The zero-order chi connectivity index (χ0) is 13.6. The maximum absolute atomic E-state index is 11.9. The van der Waals surface area contributed by atoms with Crippen molar-refractivity contribution < 1.29 is 17.9 Å². The lowest BCUT2D eigenvalue weighted by atomic mass is 10.2. The SMILES string of the molecule is CNCc1ccc(OCCCC(F)(F)F)c(Cl)c1. The maximum Gasteiger partial charge on any atom is 0.389 e. The highest BCUT2D eigenvalue weighted by molar-refractivity contribution is 6.32. The monoisotopic (exact) mass is 281 g/mol. The van der Waals surface area contributed by atoms with E-state index in [1.54, 1.807) is 12.1 Å². The predicted octanol–water partition coefficient (Wildman–Crippen LogP) is 3.78. The number of ether oxygens (including phenoxy) is 1. The van der Waals surface area contributed by atoms with Crippen molar-refractivity contribution in [1.82, 2.24) is 5.32 Å². The van der Waals surface area contributed by atoms with Crippen LogP contribution in [0, 0.1) is 0 Å². The Kier molecular flexibility index (Phi) is 5.75. The molecule has 0 saturated heterocycles. The standard InChI is InChI=1S/C12H15ClF3NO/c1-17-8-9-3-4-11(10(13)7-9)18-6-2-5-12(14,15)16/h3-4,7,17H,2,5-6,8H2,1H3. The van der Waals surface area contributed by atoms with Gasteiger partial charge in [0.05, 0.1) is 11.6 Å². The fourth-order valence-electron chi connectivity index (χ4n) is 1.43. The van der Waals surface area contributed by atoms with Gasteiger partial charge in [-0.25, -0.2) is 0 Å². The molecule has 0 amide bonds. The van der Waals surface area contributed by atoms with Gasteiger partial charge in [0.2, 0.25) is 0 Å². The molecule has 0 aliphatic carbocycles. The minimum absolute atomic E-state index is 0.00457. The third kappa shape index (κ3) is 5.60. The average molecular weight is 282 g/mol. The van der Waals surface area contributed by atoms with Crippen LogP contribution in [0.3, 0.4) is 0 Å². The molecule has 102 valence electrons. The second-order valence-corrected chi connectivity index (χ2v) is 4.27. The van der Waals surface area contributed by atoms with Gasteiger partial charge in [-0.05, 0) is 31.2 Å². The summed E-state index contributed by atoms with van der Waals surface area (Å²) in [5, 5.41) is 3.39. The van der Waals surface area contributed by atoms with E-state index >= 15 is 0 Å². The Morgan fingerprint density at radius 3 is 2.61 bits per heavy atom. The summed E-state index contributed by atoms with van der Waals surface area (Å²) in [5.41, 5.74) is 0.991. The van der Waals surface area contributed by atoms with E-state index in [-0.39, 0.29) is 13.0 Å². The first-order valence-electron chi connectivity index (χ1n) is 5.55. The lowest BCUT2D eigenvalue weighted by Crippen LogP contribution is -2.10. The average Bonchev–Trinajstić information content (AvgIpc) is 2.26. The Bertz CT molecular complexity index is 382. The second-order valence-electron chi connectivity index (χ2n) is 3.86. The summed E-state index contributed by atoms with van der Waals surface area (Å²) in [6.07, 6.45) is -5.05. The van der Waals surface area contributed by atoms with Gasteiger partial charge in [-0.1, -0.05) is 17.7 Å². The van der Waals surface area contributed by atoms with Crippen LogP contribution in [-0.4, -0.2) is 19.8 Å². The molecule has 0 aliphatic rings. The van der Waals surface area contributed by atoms with Gasteiger partial charge < -0.3 is 10.1 Å². The maximum atomic E-state index is 11.9. The minimum Gasteiger partial charge on any atom is -0.492 e. The normalized spacial score (nSPS) is 11.6. The van der Waals surface area contributed by atoms with Gasteiger partial charge in [-0.3, -0.25) is 0 Å². The van der Waals surface area contributed by atoms with Crippen LogP contribution < -0.4 is 10.1 Å². The van der Waals surface area contributed by atoms with Crippen LogP contribution in [0.5, 0.6) is 5.75 Å². The molecule has 0 saturated carbocycles. The van der Waals surface area contributed by atoms with Crippen molar-refractivity contribution >= 4 is 11.6 Å². The van der Waals surface area contributed by atoms with Crippen molar-refractivity contribution in [3.8, 4) is 5.75 Å². The lowest BCUT2D eigenvalue weighted by Gasteiger charge is -2.10. The number of alkyl halides is 3. The molecular weight excluding hydrogens is 267 g/mol. The quantitative estimate of drug-likeness (QED) is 0.801. The molecule has 0 radical (unpaired) electrons. The first-order valence-corrected chi connectivity index (χ1v) is 5.93. The number of benzene rings is 1. The third-order valence-corrected chi connectivity index (χ3v) is 2.53. The zero-order valence-corrected chi connectivity index (χ0v) is 10.7.